The highest BCUT2D eigenvalue weighted by atomic mass is 32.1. The van der Waals surface area contributed by atoms with Crippen LogP contribution in [0.15, 0.2) is 5.38 Å². The van der Waals surface area contributed by atoms with E-state index in [1.54, 1.807) is 19.4 Å². The van der Waals surface area contributed by atoms with Gasteiger partial charge in [-0.25, -0.2) is 14.6 Å². The number of rotatable bonds is 8. The Bertz CT molecular complexity index is 710. The number of carboxylic acid groups (broad SMARTS) is 2. The Labute approximate surface area is 178 Å². The van der Waals surface area contributed by atoms with Crippen molar-refractivity contribution in [1.29, 1.82) is 0 Å². The molecule has 0 bridgehead atoms. The van der Waals surface area contributed by atoms with Crippen molar-refractivity contribution in [2.24, 2.45) is 5.92 Å². The molecule has 1 aliphatic rings. The number of thiazole rings is 1. The van der Waals surface area contributed by atoms with Crippen LogP contribution in [0.25, 0.3) is 0 Å². The molecule has 0 aliphatic carbocycles. The van der Waals surface area contributed by atoms with E-state index in [4.69, 9.17) is 29.3 Å². The fourth-order valence-corrected chi connectivity index (χ4v) is 3.56. The van der Waals surface area contributed by atoms with E-state index < -0.39 is 11.9 Å². The molecule has 2 rings (SSSR count). The molecule has 0 aromatic carbocycles. The van der Waals surface area contributed by atoms with Crippen molar-refractivity contribution < 1.29 is 38.9 Å². The lowest BCUT2D eigenvalue weighted by Gasteiger charge is -2.31. The van der Waals surface area contributed by atoms with Gasteiger partial charge in [0.05, 0.1) is 31.9 Å². The van der Waals surface area contributed by atoms with Gasteiger partial charge in [-0.1, -0.05) is 0 Å². The van der Waals surface area contributed by atoms with E-state index >= 15 is 0 Å². The normalized spacial score (nSPS) is 16.1. The van der Waals surface area contributed by atoms with Gasteiger partial charge in [0.1, 0.15) is 0 Å². The van der Waals surface area contributed by atoms with E-state index in [-0.39, 0.29) is 18.3 Å². The molecule has 11 nitrogen and oxygen atoms in total. The van der Waals surface area contributed by atoms with Crippen molar-refractivity contribution in [3.05, 3.63) is 11.1 Å². The summed E-state index contributed by atoms with van der Waals surface area (Å²) in [4.78, 5) is 48.2. The van der Waals surface area contributed by atoms with Crippen LogP contribution >= 0.6 is 11.3 Å². The number of methoxy groups -OCH3 is 1. The third kappa shape index (κ3) is 10.3. The highest BCUT2D eigenvalue weighted by Gasteiger charge is 2.22. The zero-order valence-electron chi connectivity index (χ0n) is 17.0. The number of aromatic nitrogens is 1. The maximum atomic E-state index is 12.2. The van der Waals surface area contributed by atoms with E-state index in [0.717, 1.165) is 32.5 Å². The number of nitrogens with zero attached hydrogens (tertiary/aromatic N) is 2. The smallest absolute Gasteiger partial charge is 0.414 e. The number of anilines is 1. The number of ether oxygens (including phenoxy) is 2. The second kappa shape index (κ2) is 13.6. The molecule has 1 atom stereocenters. The van der Waals surface area contributed by atoms with Gasteiger partial charge in [-0.3, -0.25) is 14.5 Å². The molecule has 0 saturated carbocycles. The predicted octanol–water partition coefficient (Wildman–Crippen LogP) is 0.701. The quantitative estimate of drug-likeness (QED) is 0.384. The molecule has 1 amide bonds. The first kappa shape index (κ1) is 25.5. The highest BCUT2D eigenvalue weighted by molar-refractivity contribution is 7.13. The summed E-state index contributed by atoms with van der Waals surface area (Å²) in [7, 11) is 1.71. The van der Waals surface area contributed by atoms with Gasteiger partial charge in [0, 0.05) is 19.0 Å². The van der Waals surface area contributed by atoms with Gasteiger partial charge in [0.2, 0.25) is 5.91 Å². The fraction of sp³-hybridized carbons (Fsp3) is 0.611. The summed E-state index contributed by atoms with van der Waals surface area (Å²) in [5.74, 6) is -3.54. The minimum absolute atomic E-state index is 0.0786. The zero-order chi connectivity index (χ0) is 22.5. The number of aliphatic carboxylic acids is 2. The van der Waals surface area contributed by atoms with Crippen molar-refractivity contribution in [2.75, 3.05) is 45.3 Å². The summed E-state index contributed by atoms with van der Waals surface area (Å²) >= 11 is 1.32. The average molecular weight is 445 g/mol. The Kier molecular flexibility index (Phi) is 11.6. The molecular formula is C18H27N3O8S. The summed E-state index contributed by atoms with van der Waals surface area (Å²) in [6.45, 7) is 5.02. The summed E-state index contributed by atoms with van der Waals surface area (Å²) < 4.78 is 10.1. The molecule has 168 valence electrons. The van der Waals surface area contributed by atoms with Gasteiger partial charge in [-0.2, -0.15) is 0 Å². The maximum Gasteiger partial charge on any atom is 0.414 e. The van der Waals surface area contributed by atoms with Gasteiger partial charge in [0.15, 0.2) is 5.13 Å². The Morgan fingerprint density at radius 2 is 2.00 bits per heavy atom. The van der Waals surface area contributed by atoms with Crippen molar-refractivity contribution in [1.82, 2.24) is 9.88 Å². The maximum absolute atomic E-state index is 12.2. The average Bonchev–Trinajstić information content (AvgIpc) is 3.09. The first-order valence-electron chi connectivity index (χ1n) is 9.32. The van der Waals surface area contributed by atoms with E-state index in [2.05, 4.69) is 15.2 Å². The molecule has 0 spiro atoms. The number of piperidine rings is 1. The molecule has 3 N–H and O–H groups in total. The number of carbonyl (C=O) groups excluding carboxylic acids is 2. The number of likely N-dealkylation sites (tertiary alicyclic amines) is 1. The predicted molar refractivity (Wildman–Crippen MR) is 107 cm³/mol. The molecule has 0 radical (unpaired) electrons. The topological polar surface area (TPSA) is 155 Å². The third-order valence-corrected chi connectivity index (χ3v) is 4.79. The van der Waals surface area contributed by atoms with Gasteiger partial charge in [0.25, 0.3) is 0 Å². The van der Waals surface area contributed by atoms with Gasteiger partial charge in [-0.05, 0) is 32.2 Å². The lowest BCUT2D eigenvalue weighted by molar-refractivity contribution is -0.159. The van der Waals surface area contributed by atoms with Crippen LogP contribution in [0.1, 0.15) is 25.5 Å². The van der Waals surface area contributed by atoms with Gasteiger partial charge in [-0.15, -0.1) is 11.3 Å². The highest BCUT2D eigenvalue weighted by Crippen LogP contribution is 2.18. The van der Waals surface area contributed by atoms with E-state index in [9.17, 15) is 9.59 Å². The van der Waals surface area contributed by atoms with Crippen LogP contribution in [0.2, 0.25) is 0 Å². The number of nitrogens with one attached hydrogen (secondary N) is 1. The van der Waals surface area contributed by atoms with Crippen LogP contribution in [0.3, 0.4) is 0 Å². The summed E-state index contributed by atoms with van der Waals surface area (Å²) in [5, 5.41) is 19.9. The molecule has 1 saturated heterocycles. The van der Waals surface area contributed by atoms with Crippen LogP contribution < -0.4 is 5.32 Å². The Morgan fingerprint density at radius 3 is 2.60 bits per heavy atom. The second-order valence-corrected chi connectivity index (χ2v) is 7.34. The molecule has 1 unspecified atom stereocenters. The van der Waals surface area contributed by atoms with Crippen molar-refractivity contribution in [2.45, 2.75) is 26.2 Å². The number of hydrogen-bond acceptors (Lipinski definition) is 9. The van der Waals surface area contributed by atoms with Crippen molar-refractivity contribution in [3.8, 4) is 0 Å². The Balaban J connectivity index is 0.000000656. The van der Waals surface area contributed by atoms with Crippen LogP contribution in [-0.2, 0) is 35.1 Å². The number of hydrogen-bond donors (Lipinski definition) is 3. The lowest BCUT2D eigenvalue weighted by atomic mass is 9.99. The first-order valence-corrected chi connectivity index (χ1v) is 10.2. The zero-order valence-corrected chi connectivity index (χ0v) is 17.8. The van der Waals surface area contributed by atoms with Crippen molar-refractivity contribution >= 4 is 40.3 Å². The molecule has 1 fully saturated rings. The molecular weight excluding hydrogens is 418 g/mol. The standard InChI is InChI=1S/C16H25N3O4S.C2H2O4/c1-3-23-15(21)7-13-11-24-16(17-13)18-14(20)9-19-6-4-5-12(8-19)10-22-2;3-1(4)2(5)6/h11-12H,3-10H2,1-2H3,(H,17,18,20);(H,3,4)(H,5,6). The Morgan fingerprint density at radius 1 is 1.30 bits per heavy atom. The number of esters is 1. The largest absolute Gasteiger partial charge is 0.473 e. The molecule has 1 aliphatic heterocycles. The van der Waals surface area contributed by atoms with Crippen LogP contribution in [0, 0.1) is 5.92 Å². The first-order chi connectivity index (χ1) is 14.2. The lowest BCUT2D eigenvalue weighted by Crippen LogP contribution is -2.41. The minimum atomic E-state index is -1.82. The Hall–Kier alpha value is -2.57. The SMILES string of the molecule is CCOC(=O)Cc1csc(NC(=O)CN2CCCC(COC)C2)n1.O=C(O)C(=O)O. The number of carboxylic acids is 2. The molecule has 30 heavy (non-hydrogen) atoms. The summed E-state index contributed by atoms with van der Waals surface area (Å²) in [5.41, 5.74) is 0.617. The third-order valence-electron chi connectivity index (χ3n) is 3.98. The van der Waals surface area contributed by atoms with E-state index in [1.807, 2.05) is 0 Å². The van der Waals surface area contributed by atoms with Crippen molar-refractivity contribution in [3.63, 3.8) is 0 Å². The van der Waals surface area contributed by atoms with Gasteiger partial charge < -0.3 is 25.0 Å². The molecule has 12 heteroatoms. The minimum Gasteiger partial charge on any atom is -0.473 e. The van der Waals surface area contributed by atoms with Gasteiger partial charge >= 0.3 is 17.9 Å². The molecule has 2 heterocycles. The van der Waals surface area contributed by atoms with E-state index in [1.165, 1.54) is 11.3 Å². The fourth-order valence-electron chi connectivity index (χ4n) is 2.83. The van der Waals surface area contributed by atoms with Crippen LogP contribution in [0.4, 0.5) is 5.13 Å². The summed E-state index contributed by atoms with van der Waals surface area (Å²) in [6, 6.07) is 0. The monoisotopic (exact) mass is 445 g/mol. The number of amides is 1. The van der Waals surface area contributed by atoms with Crippen LogP contribution in [0.5, 0.6) is 0 Å². The second-order valence-electron chi connectivity index (χ2n) is 6.48. The summed E-state index contributed by atoms with van der Waals surface area (Å²) in [6.07, 6.45) is 2.36. The number of carbonyl (C=O) groups is 4. The molecule has 1 aromatic heterocycles. The van der Waals surface area contributed by atoms with E-state index in [0.29, 0.717) is 29.9 Å². The van der Waals surface area contributed by atoms with Crippen LogP contribution in [-0.4, -0.2) is 83.9 Å². The molecule has 1 aromatic rings.